The molecule has 0 saturated carbocycles. The van der Waals surface area contributed by atoms with E-state index in [1.54, 1.807) is 15.9 Å². The summed E-state index contributed by atoms with van der Waals surface area (Å²) < 4.78 is 0. The van der Waals surface area contributed by atoms with Crippen molar-refractivity contribution in [1.82, 2.24) is 9.80 Å². The number of nitro groups is 1. The number of rotatable bonds is 3. The third kappa shape index (κ3) is 3.45. The van der Waals surface area contributed by atoms with Gasteiger partial charge in [0.1, 0.15) is 0 Å². The Morgan fingerprint density at radius 1 is 1.08 bits per heavy atom. The fraction of sp³-hybridized carbons (Fsp3) is 0.250. The highest BCUT2D eigenvalue weighted by Gasteiger charge is 2.26. The third-order valence-electron chi connectivity index (χ3n) is 4.01. The summed E-state index contributed by atoms with van der Waals surface area (Å²) >= 11 is 1.38. The number of hydrogen-bond donors (Lipinski definition) is 1. The second-order valence-electron chi connectivity index (χ2n) is 5.52. The highest BCUT2D eigenvalue weighted by atomic mass is 32.1. The minimum atomic E-state index is -0.710. The molecule has 2 heterocycles. The molecule has 1 N–H and O–H groups in total. The summed E-state index contributed by atoms with van der Waals surface area (Å²) in [6, 6.07) is 7.12. The molecular weight excluding hydrogens is 346 g/mol. The number of hydrogen-bond acceptors (Lipinski definition) is 6. The van der Waals surface area contributed by atoms with Crippen LogP contribution in [0.5, 0.6) is 5.75 Å². The van der Waals surface area contributed by atoms with Gasteiger partial charge in [-0.3, -0.25) is 19.7 Å². The maximum atomic E-state index is 12.5. The van der Waals surface area contributed by atoms with Crippen LogP contribution in [0.4, 0.5) is 5.69 Å². The zero-order chi connectivity index (χ0) is 18.0. The normalized spacial score (nSPS) is 14.4. The van der Waals surface area contributed by atoms with Crippen LogP contribution in [-0.4, -0.2) is 57.8 Å². The SMILES string of the molecule is O=C(c1ccc([N+](=O)[O-])c(O)c1)N1CCN(C(=O)c2cccs2)CC1. The monoisotopic (exact) mass is 361 g/mol. The highest BCUT2D eigenvalue weighted by Crippen LogP contribution is 2.27. The number of nitro benzene ring substituents is 1. The molecule has 1 saturated heterocycles. The molecule has 1 fully saturated rings. The number of thiophene rings is 1. The molecule has 2 aromatic rings. The summed E-state index contributed by atoms with van der Waals surface area (Å²) in [5.74, 6) is -0.911. The molecule has 1 aromatic carbocycles. The number of carbonyl (C=O) groups is 2. The lowest BCUT2D eigenvalue weighted by Crippen LogP contribution is -2.50. The second-order valence-corrected chi connectivity index (χ2v) is 6.47. The lowest BCUT2D eigenvalue weighted by atomic mass is 10.1. The molecule has 1 aliphatic heterocycles. The van der Waals surface area contributed by atoms with Gasteiger partial charge in [-0.05, 0) is 23.6 Å². The molecular formula is C16H15N3O5S. The first-order valence-electron chi connectivity index (χ1n) is 7.57. The Bertz CT molecular complexity index is 813. The van der Waals surface area contributed by atoms with Crippen molar-refractivity contribution >= 4 is 28.8 Å². The molecule has 9 heteroatoms. The van der Waals surface area contributed by atoms with Crippen molar-refractivity contribution in [3.63, 3.8) is 0 Å². The average Bonchev–Trinajstić information content (AvgIpc) is 3.15. The van der Waals surface area contributed by atoms with Crippen molar-refractivity contribution in [3.8, 4) is 5.75 Å². The standard InChI is InChI=1S/C16H15N3O5S/c20-13-10-11(3-4-12(13)19(23)24)15(21)17-5-7-18(8-6-17)16(22)14-2-1-9-25-14/h1-4,9-10,20H,5-8H2. The summed E-state index contributed by atoms with van der Waals surface area (Å²) in [5, 5.41) is 22.2. The van der Waals surface area contributed by atoms with Gasteiger partial charge in [0.2, 0.25) is 0 Å². The lowest BCUT2D eigenvalue weighted by molar-refractivity contribution is -0.385. The molecule has 0 radical (unpaired) electrons. The fourth-order valence-electron chi connectivity index (χ4n) is 2.66. The fourth-order valence-corrected chi connectivity index (χ4v) is 3.35. The van der Waals surface area contributed by atoms with Crippen LogP contribution in [0.25, 0.3) is 0 Å². The summed E-state index contributed by atoms with van der Waals surface area (Å²) in [4.78, 5) is 38.7. The minimum absolute atomic E-state index is 0.0462. The van der Waals surface area contributed by atoms with Crippen LogP contribution < -0.4 is 0 Å². The van der Waals surface area contributed by atoms with Gasteiger partial charge in [-0.1, -0.05) is 6.07 Å². The Balaban J connectivity index is 1.65. The number of phenols is 1. The molecule has 0 atom stereocenters. The first kappa shape index (κ1) is 16.9. The first-order valence-corrected chi connectivity index (χ1v) is 8.45. The van der Waals surface area contributed by atoms with Crippen molar-refractivity contribution in [2.24, 2.45) is 0 Å². The summed E-state index contributed by atoms with van der Waals surface area (Å²) in [6.45, 7) is 1.57. The van der Waals surface area contributed by atoms with E-state index in [0.717, 1.165) is 12.1 Å². The van der Waals surface area contributed by atoms with Crippen molar-refractivity contribution in [2.75, 3.05) is 26.2 Å². The van der Waals surface area contributed by atoms with Gasteiger partial charge < -0.3 is 14.9 Å². The van der Waals surface area contributed by atoms with Crippen LogP contribution in [0, 0.1) is 10.1 Å². The molecule has 0 unspecified atom stereocenters. The van der Waals surface area contributed by atoms with Crippen LogP contribution in [0.1, 0.15) is 20.0 Å². The van der Waals surface area contributed by atoms with Gasteiger partial charge in [0.25, 0.3) is 11.8 Å². The molecule has 1 aromatic heterocycles. The van der Waals surface area contributed by atoms with Crippen molar-refractivity contribution in [3.05, 3.63) is 56.3 Å². The van der Waals surface area contributed by atoms with E-state index >= 15 is 0 Å². The molecule has 1 aliphatic rings. The van der Waals surface area contributed by atoms with Gasteiger partial charge >= 0.3 is 5.69 Å². The Labute approximate surface area is 147 Å². The number of amides is 2. The highest BCUT2D eigenvalue weighted by molar-refractivity contribution is 7.12. The second kappa shape index (κ2) is 6.89. The molecule has 130 valence electrons. The molecule has 0 bridgehead atoms. The number of piperazine rings is 1. The zero-order valence-corrected chi connectivity index (χ0v) is 13.9. The smallest absolute Gasteiger partial charge is 0.310 e. The number of aromatic hydroxyl groups is 1. The summed E-state index contributed by atoms with van der Waals surface area (Å²) in [5.41, 5.74) is -0.260. The Morgan fingerprint density at radius 3 is 2.24 bits per heavy atom. The van der Waals surface area contributed by atoms with E-state index < -0.39 is 16.4 Å². The maximum absolute atomic E-state index is 12.5. The Morgan fingerprint density at radius 2 is 1.72 bits per heavy atom. The topological polar surface area (TPSA) is 104 Å². The summed E-state index contributed by atoms with van der Waals surface area (Å²) in [7, 11) is 0. The van der Waals surface area contributed by atoms with Crippen LogP contribution >= 0.6 is 11.3 Å². The van der Waals surface area contributed by atoms with E-state index in [4.69, 9.17) is 0 Å². The van der Waals surface area contributed by atoms with Crippen molar-refractivity contribution in [2.45, 2.75) is 0 Å². The zero-order valence-electron chi connectivity index (χ0n) is 13.1. The van der Waals surface area contributed by atoms with E-state index in [9.17, 15) is 24.8 Å². The van der Waals surface area contributed by atoms with Gasteiger partial charge in [0.15, 0.2) is 5.75 Å². The third-order valence-corrected chi connectivity index (χ3v) is 4.86. The van der Waals surface area contributed by atoms with E-state index in [2.05, 4.69) is 0 Å². The summed E-state index contributed by atoms with van der Waals surface area (Å²) in [6.07, 6.45) is 0. The largest absolute Gasteiger partial charge is 0.502 e. The molecule has 2 amide bonds. The van der Waals surface area contributed by atoms with Gasteiger partial charge in [-0.15, -0.1) is 11.3 Å². The maximum Gasteiger partial charge on any atom is 0.310 e. The van der Waals surface area contributed by atoms with E-state index in [1.165, 1.54) is 17.4 Å². The van der Waals surface area contributed by atoms with E-state index in [-0.39, 0.29) is 17.4 Å². The van der Waals surface area contributed by atoms with Crippen LogP contribution in [0.15, 0.2) is 35.7 Å². The quantitative estimate of drug-likeness (QED) is 0.665. The van der Waals surface area contributed by atoms with Crippen LogP contribution in [0.3, 0.4) is 0 Å². The molecule has 3 rings (SSSR count). The van der Waals surface area contributed by atoms with Gasteiger partial charge in [0, 0.05) is 37.8 Å². The van der Waals surface area contributed by atoms with Crippen LogP contribution in [0.2, 0.25) is 0 Å². The van der Waals surface area contributed by atoms with Gasteiger partial charge in [-0.25, -0.2) is 0 Å². The number of nitrogens with zero attached hydrogens (tertiary/aromatic N) is 3. The molecule has 0 aliphatic carbocycles. The van der Waals surface area contributed by atoms with E-state index in [1.807, 2.05) is 11.4 Å². The van der Waals surface area contributed by atoms with Gasteiger partial charge in [0.05, 0.1) is 9.80 Å². The average molecular weight is 361 g/mol. The number of benzene rings is 1. The first-order chi connectivity index (χ1) is 12.0. The van der Waals surface area contributed by atoms with Crippen LogP contribution in [-0.2, 0) is 0 Å². The lowest BCUT2D eigenvalue weighted by Gasteiger charge is -2.34. The van der Waals surface area contributed by atoms with E-state index in [0.29, 0.717) is 31.1 Å². The minimum Gasteiger partial charge on any atom is -0.502 e. The molecule has 25 heavy (non-hydrogen) atoms. The number of carbonyl (C=O) groups excluding carboxylic acids is 2. The van der Waals surface area contributed by atoms with Gasteiger partial charge in [-0.2, -0.15) is 0 Å². The number of phenolic OH excluding ortho intramolecular Hbond substituents is 1. The predicted octanol–water partition coefficient (Wildman–Crippen LogP) is 1.96. The Kier molecular flexibility index (Phi) is 4.66. The van der Waals surface area contributed by atoms with Crippen molar-refractivity contribution in [1.29, 1.82) is 0 Å². The predicted molar refractivity (Wildman–Crippen MR) is 90.9 cm³/mol. The molecule has 0 spiro atoms. The van der Waals surface area contributed by atoms with Crippen molar-refractivity contribution < 1.29 is 19.6 Å². The Hall–Kier alpha value is -2.94. The molecule has 8 nitrogen and oxygen atoms in total.